The van der Waals surface area contributed by atoms with Gasteiger partial charge in [-0.25, -0.2) is 4.79 Å². The van der Waals surface area contributed by atoms with E-state index in [2.05, 4.69) is 5.32 Å². The van der Waals surface area contributed by atoms with Crippen LogP contribution < -0.4 is 5.32 Å². The predicted octanol–water partition coefficient (Wildman–Crippen LogP) is 0.923. The molecule has 0 aromatic heterocycles. The summed E-state index contributed by atoms with van der Waals surface area (Å²) in [6.45, 7) is 2.98. The Hall–Kier alpha value is -1.10. The highest BCUT2D eigenvalue weighted by molar-refractivity contribution is 5.73. The fourth-order valence-electron chi connectivity index (χ4n) is 2.01. The maximum Gasteiger partial charge on any atom is 0.332 e. The number of ether oxygens (including phenoxy) is 1. The fraction of sp³-hybridized carbons (Fsp3) is 0.818. The van der Waals surface area contributed by atoms with Crippen molar-refractivity contribution in [3.8, 4) is 0 Å². The standard InChI is InChI=1S/C11H19NO4/c1-7(11(14)15)16-10-6-4-3-5-9(10)12-8(2)13/h7,9-10H,3-6H2,1-2H3,(H,12,13)(H,14,15)/t7?,9-,10-/m1/s1. The summed E-state index contributed by atoms with van der Waals surface area (Å²) in [4.78, 5) is 21.7. The number of hydrogen-bond acceptors (Lipinski definition) is 3. The van der Waals surface area contributed by atoms with Crippen LogP contribution in [0.15, 0.2) is 0 Å². The Bertz CT molecular complexity index is 267. The molecule has 92 valence electrons. The number of nitrogens with one attached hydrogen (secondary N) is 1. The predicted molar refractivity (Wildman–Crippen MR) is 58.0 cm³/mol. The van der Waals surface area contributed by atoms with E-state index in [0.717, 1.165) is 25.7 Å². The van der Waals surface area contributed by atoms with Crippen molar-refractivity contribution >= 4 is 11.9 Å². The molecule has 5 heteroatoms. The maximum atomic E-state index is 11.0. The number of rotatable bonds is 4. The average molecular weight is 229 g/mol. The smallest absolute Gasteiger partial charge is 0.332 e. The van der Waals surface area contributed by atoms with Gasteiger partial charge in [0.15, 0.2) is 6.10 Å². The van der Waals surface area contributed by atoms with Crippen molar-refractivity contribution in [3.63, 3.8) is 0 Å². The third-order valence-electron chi connectivity index (χ3n) is 2.82. The minimum Gasteiger partial charge on any atom is -0.479 e. The van der Waals surface area contributed by atoms with Gasteiger partial charge in [-0.15, -0.1) is 0 Å². The normalized spacial score (nSPS) is 27.1. The van der Waals surface area contributed by atoms with Crippen LogP contribution in [0, 0.1) is 0 Å². The summed E-state index contributed by atoms with van der Waals surface area (Å²) in [7, 11) is 0. The van der Waals surface area contributed by atoms with E-state index in [-0.39, 0.29) is 18.1 Å². The van der Waals surface area contributed by atoms with E-state index in [4.69, 9.17) is 9.84 Å². The molecule has 16 heavy (non-hydrogen) atoms. The first-order valence-corrected chi connectivity index (χ1v) is 5.66. The summed E-state index contributed by atoms with van der Waals surface area (Å²) >= 11 is 0. The van der Waals surface area contributed by atoms with Gasteiger partial charge in [0.2, 0.25) is 5.91 Å². The number of hydrogen-bond donors (Lipinski definition) is 2. The summed E-state index contributed by atoms with van der Waals surface area (Å²) in [5.41, 5.74) is 0. The third-order valence-corrected chi connectivity index (χ3v) is 2.82. The third kappa shape index (κ3) is 3.81. The quantitative estimate of drug-likeness (QED) is 0.751. The lowest BCUT2D eigenvalue weighted by Gasteiger charge is -2.32. The van der Waals surface area contributed by atoms with Gasteiger partial charge in [0.1, 0.15) is 0 Å². The Morgan fingerprint density at radius 1 is 1.38 bits per heavy atom. The number of amides is 1. The van der Waals surface area contributed by atoms with Crippen molar-refractivity contribution in [1.29, 1.82) is 0 Å². The summed E-state index contributed by atoms with van der Waals surface area (Å²) in [5.74, 6) is -1.06. The highest BCUT2D eigenvalue weighted by Crippen LogP contribution is 2.22. The SMILES string of the molecule is CC(=O)N[C@@H]1CCCC[C@H]1OC(C)C(=O)O. The van der Waals surface area contributed by atoms with Gasteiger partial charge < -0.3 is 15.2 Å². The Balaban J connectivity index is 2.52. The van der Waals surface area contributed by atoms with E-state index in [9.17, 15) is 9.59 Å². The molecule has 0 radical (unpaired) electrons. The highest BCUT2D eigenvalue weighted by atomic mass is 16.5. The molecular weight excluding hydrogens is 210 g/mol. The second-order valence-corrected chi connectivity index (χ2v) is 4.25. The van der Waals surface area contributed by atoms with Crippen molar-refractivity contribution < 1.29 is 19.4 Å². The van der Waals surface area contributed by atoms with Crippen LogP contribution in [0.3, 0.4) is 0 Å². The molecule has 1 saturated carbocycles. The molecule has 1 aliphatic carbocycles. The molecule has 0 aromatic rings. The molecule has 1 unspecified atom stereocenters. The number of carboxylic acids is 1. The van der Waals surface area contributed by atoms with Crippen molar-refractivity contribution in [2.24, 2.45) is 0 Å². The maximum absolute atomic E-state index is 11.0. The zero-order valence-electron chi connectivity index (χ0n) is 9.73. The molecule has 1 rings (SSSR count). The molecule has 1 fully saturated rings. The Kier molecular flexibility index (Phi) is 4.73. The first kappa shape index (κ1) is 13.0. The van der Waals surface area contributed by atoms with Crippen LogP contribution in [0.1, 0.15) is 39.5 Å². The van der Waals surface area contributed by atoms with E-state index in [0.29, 0.717) is 0 Å². The van der Waals surface area contributed by atoms with Crippen LogP contribution in [-0.2, 0) is 14.3 Å². The zero-order valence-corrected chi connectivity index (χ0v) is 9.73. The molecule has 0 saturated heterocycles. The van der Waals surface area contributed by atoms with Crippen molar-refractivity contribution in [2.45, 2.75) is 57.8 Å². The van der Waals surface area contributed by atoms with Gasteiger partial charge in [0.25, 0.3) is 0 Å². The largest absolute Gasteiger partial charge is 0.479 e. The molecule has 1 aliphatic rings. The monoisotopic (exact) mass is 229 g/mol. The van der Waals surface area contributed by atoms with Gasteiger partial charge in [-0.2, -0.15) is 0 Å². The Morgan fingerprint density at radius 2 is 2.00 bits per heavy atom. The zero-order chi connectivity index (χ0) is 12.1. The summed E-state index contributed by atoms with van der Waals surface area (Å²) < 4.78 is 5.45. The topological polar surface area (TPSA) is 75.6 Å². The number of aliphatic carboxylic acids is 1. The van der Waals surface area contributed by atoms with Crippen LogP contribution in [0.4, 0.5) is 0 Å². The highest BCUT2D eigenvalue weighted by Gasteiger charge is 2.29. The van der Waals surface area contributed by atoms with Crippen LogP contribution in [0.5, 0.6) is 0 Å². The lowest BCUT2D eigenvalue weighted by atomic mass is 9.92. The molecule has 0 heterocycles. The first-order valence-electron chi connectivity index (χ1n) is 5.66. The van der Waals surface area contributed by atoms with Crippen LogP contribution >= 0.6 is 0 Å². The van der Waals surface area contributed by atoms with Crippen molar-refractivity contribution in [1.82, 2.24) is 5.32 Å². The van der Waals surface area contributed by atoms with Crippen molar-refractivity contribution in [3.05, 3.63) is 0 Å². The van der Waals surface area contributed by atoms with E-state index in [1.807, 2.05) is 0 Å². The lowest BCUT2D eigenvalue weighted by Crippen LogP contribution is -2.47. The molecular formula is C11H19NO4. The molecule has 0 bridgehead atoms. The van der Waals surface area contributed by atoms with E-state index < -0.39 is 12.1 Å². The van der Waals surface area contributed by atoms with Crippen LogP contribution in [0.25, 0.3) is 0 Å². The summed E-state index contributed by atoms with van der Waals surface area (Å²) in [6, 6.07) is -0.0481. The van der Waals surface area contributed by atoms with Gasteiger partial charge in [0.05, 0.1) is 12.1 Å². The summed E-state index contributed by atoms with van der Waals surface area (Å²) in [5, 5.41) is 11.6. The van der Waals surface area contributed by atoms with Gasteiger partial charge in [-0.05, 0) is 19.8 Å². The Labute approximate surface area is 95.2 Å². The Morgan fingerprint density at radius 3 is 2.56 bits per heavy atom. The van der Waals surface area contributed by atoms with Gasteiger partial charge in [0, 0.05) is 6.92 Å². The molecule has 3 atom stereocenters. The molecule has 0 aliphatic heterocycles. The molecule has 0 spiro atoms. The first-order chi connectivity index (χ1) is 7.50. The van der Waals surface area contributed by atoms with Gasteiger partial charge in [-0.1, -0.05) is 12.8 Å². The lowest BCUT2D eigenvalue weighted by molar-refractivity contribution is -0.155. The minimum absolute atomic E-state index is 0.0481. The fourth-order valence-corrected chi connectivity index (χ4v) is 2.01. The van der Waals surface area contributed by atoms with E-state index in [1.165, 1.54) is 13.8 Å². The van der Waals surface area contributed by atoms with E-state index in [1.54, 1.807) is 0 Å². The second kappa shape index (κ2) is 5.84. The van der Waals surface area contributed by atoms with Gasteiger partial charge in [-0.3, -0.25) is 4.79 Å². The van der Waals surface area contributed by atoms with Gasteiger partial charge >= 0.3 is 5.97 Å². The molecule has 1 amide bonds. The average Bonchev–Trinajstić information content (AvgIpc) is 2.20. The second-order valence-electron chi connectivity index (χ2n) is 4.25. The van der Waals surface area contributed by atoms with E-state index >= 15 is 0 Å². The molecule has 2 N–H and O–H groups in total. The minimum atomic E-state index is -0.966. The molecule has 5 nitrogen and oxygen atoms in total. The van der Waals surface area contributed by atoms with Crippen LogP contribution in [-0.4, -0.2) is 35.2 Å². The number of carbonyl (C=O) groups is 2. The number of carboxylic acid groups (broad SMARTS) is 1. The molecule has 0 aromatic carbocycles. The number of carbonyl (C=O) groups excluding carboxylic acids is 1. The van der Waals surface area contributed by atoms with Crippen molar-refractivity contribution in [2.75, 3.05) is 0 Å². The summed E-state index contributed by atoms with van der Waals surface area (Å²) in [6.07, 6.45) is 2.74. The van der Waals surface area contributed by atoms with Crippen LogP contribution in [0.2, 0.25) is 0 Å².